The van der Waals surface area contributed by atoms with Gasteiger partial charge in [0, 0.05) is 22.5 Å². The Morgan fingerprint density at radius 1 is 1.16 bits per heavy atom. The van der Waals surface area contributed by atoms with Crippen molar-refractivity contribution in [2.45, 2.75) is 17.3 Å². The molecule has 0 bridgehead atoms. The van der Waals surface area contributed by atoms with Gasteiger partial charge in [-0.15, -0.1) is 21.5 Å². The first-order valence-corrected chi connectivity index (χ1v) is 12.5. The van der Waals surface area contributed by atoms with Crippen molar-refractivity contribution in [1.82, 2.24) is 20.0 Å². The van der Waals surface area contributed by atoms with E-state index in [0.717, 1.165) is 28.0 Å². The van der Waals surface area contributed by atoms with Crippen LogP contribution in [0.3, 0.4) is 0 Å². The largest absolute Gasteiger partial charge is 0.360 e. The molecule has 0 spiro atoms. The number of thioether (sulfide) groups is 1. The summed E-state index contributed by atoms with van der Waals surface area (Å²) in [6.07, 6.45) is 2.60. The molecule has 0 fully saturated rings. The number of hydrogen-bond acceptors (Lipinski definition) is 8. The van der Waals surface area contributed by atoms with Gasteiger partial charge in [0.15, 0.2) is 4.34 Å². The third-order valence-electron chi connectivity index (χ3n) is 4.22. The number of amides is 1. The summed E-state index contributed by atoms with van der Waals surface area (Å²) in [4.78, 5) is 13.7. The maximum atomic E-state index is 12.4. The van der Waals surface area contributed by atoms with Crippen LogP contribution in [-0.4, -0.2) is 38.2 Å². The smallest absolute Gasteiger partial charge is 0.235 e. The van der Waals surface area contributed by atoms with Crippen LogP contribution in [0.1, 0.15) is 10.4 Å². The molecule has 31 heavy (non-hydrogen) atoms. The van der Waals surface area contributed by atoms with E-state index in [1.165, 1.54) is 28.0 Å². The van der Waals surface area contributed by atoms with Gasteiger partial charge in [0.25, 0.3) is 0 Å². The van der Waals surface area contributed by atoms with E-state index in [0.29, 0.717) is 17.4 Å². The van der Waals surface area contributed by atoms with Crippen molar-refractivity contribution >= 4 is 62.9 Å². The van der Waals surface area contributed by atoms with E-state index < -0.39 is 0 Å². The SMILES string of the molecule is O=C(CSc1nnc(NCCc2cccs2)s1)Nc1ccnn1Cc1ccccc1Cl. The lowest BCUT2D eigenvalue weighted by atomic mass is 10.2. The highest BCUT2D eigenvalue weighted by molar-refractivity contribution is 8.01. The molecular weight excluding hydrogens is 472 g/mol. The zero-order valence-corrected chi connectivity index (χ0v) is 19.5. The molecule has 3 aromatic heterocycles. The molecule has 0 aliphatic carbocycles. The molecule has 4 aromatic rings. The first kappa shape index (κ1) is 21.8. The molecule has 0 aliphatic heterocycles. The first-order valence-electron chi connectivity index (χ1n) is 9.45. The third kappa shape index (κ3) is 6.30. The minimum absolute atomic E-state index is 0.131. The summed E-state index contributed by atoms with van der Waals surface area (Å²) in [7, 11) is 0. The van der Waals surface area contributed by atoms with E-state index in [9.17, 15) is 4.79 Å². The van der Waals surface area contributed by atoms with Crippen molar-refractivity contribution in [3.8, 4) is 0 Å². The van der Waals surface area contributed by atoms with Crippen LogP contribution in [-0.2, 0) is 17.8 Å². The number of halogens is 1. The lowest BCUT2D eigenvalue weighted by Gasteiger charge is -2.09. The van der Waals surface area contributed by atoms with Crippen molar-refractivity contribution < 1.29 is 4.79 Å². The fourth-order valence-corrected chi connectivity index (χ4v) is 5.23. The first-order chi connectivity index (χ1) is 15.2. The van der Waals surface area contributed by atoms with Gasteiger partial charge in [-0.1, -0.05) is 59.0 Å². The highest BCUT2D eigenvalue weighted by atomic mass is 35.5. The van der Waals surface area contributed by atoms with Gasteiger partial charge in [0.05, 0.1) is 18.5 Å². The Morgan fingerprint density at radius 3 is 2.90 bits per heavy atom. The number of nitrogens with zero attached hydrogens (tertiary/aromatic N) is 4. The molecule has 1 aromatic carbocycles. The van der Waals surface area contributed by atoms with Crippen LogP contribution in [0.25, 0.3) is 0 Å². The van der Waals surface area contributed by atoms with Gasteiger partial charge in [-0.3, -0.25) is 4.79 Å². The fourth-order valence-electron chi connectivity index (χ4n) is 2.75. The van der Waals surface area contributed by atoms with E-state index in [1.54, 1.807) is 28.3 Å². The minimum Gasteiger partial charge on any atom is -0.360 e. The molecule has 0 radical (unpaired) electrons. The number of carbonyl (C=O) groups is 1. The second kappa shape index (κ2) is 10.8. The molecule has 0 aliphatic rings. The number of nitrogens with one attached hydrogen (secondary N) is 2. The average molecular weight is 491 g/mol. The summed E-state index contributed by atoms with van der Waals surface area (Å²) in [6, 6.07) is 13.5. The van der Waals surface area contributed by atoms with Gasteiger partial charge < -0.3 is 10.6 Å². The van der Waals surface area contributed by atoms with Gasteiger partial charge in [-0.05, 0) is 29.5 Å². The molecule has 11 heteroatoms. The second-order valence-electron chi connectivity index (χ2n) is 6.43. The predicted molar refractivity (Wildman–Crippen MR) is 129 cm³/mol. The van der Waals surface area contributed by atoms with E-state index in [-0.39, 0.29) is 11.7 Å². The molecule has 0 saturated carbocycles. The van der Waals surface area contributed by atoms with Crippen LogP contribution < -0.4 is 10.6 Å². The normalized spacial score (nSPS) is 10.9. The van der Waals surface area contributed by atoms with Crippen LogP contribution in [0, 0.1) is 0 Å². The molecule has 2 N–H and O–H groups in total. The van der Waals surface area contributed by atoms with E-state index in [1.807, 2.05) is 24.3 Å². The number of benzene rings is 1. The Morgan fingerprint density at radius 2 is 2.06 bits per heavy atom. The highest BCUT2D eigenvalue weighted by Gasteiger charge is 2.12. The van der Waals surface area contributed by atoms with Crippen molar-refractivity contribution in [3.63, 3.8) is 0 Å². The van der Waals surface area contributed by atoms with Gasteiger partial charge in [0.2, 0.25) is 11.0 Å². The van der Waals surface area contributed by atoms with Crippen LogP contribution in [0.2, 0.25) is 5.02 Å². The zero-order chi connectivity index (χ0) is 21.5. The molecule has 1 amide bonds. The zero-order valence-electron chi connectivity index (χ0n) is 16.3. The Hall–Kier alpha value is -2.40. The molecule has 7 nitrogen and oxygen atoms in total. The number of anilines is 2. The highest BCUT2D eigenvalue weighted by Crippen LogP contribution is 2.26. The Balaban J connectivity index is 1.24. The van der Waals surface area contributed by atoms with E-state index >= 15 is 0 Å². The second-order valence-corrected chi connectivity index (χ2v) is 10.1. The molecule has 3 heterocycles. The molecule has 160 valence electrons. The van der Waals surface area contributed by atoms with Crippen molar-refractivity contribution in [2.24, 2.45) is 0 Å². The van der Waals surface area contributed by atoms with E-state index in [2.05, 4.69) is 43.4 Å². The van der Waals surface area contributed by atoms with Gasteiger partial charge in [-0.25, -0.2) is 4.68 Å². The maximum absolute atomic E-state index is 12.4. The summed E-state index contributed by atoms with van der Waals surface area (Å²) in [5.41, 5.74) is 0.936. The number of thiophene rings is 1. The third-order valence-corrected chi connectivity index (χ3v) is 7.54. The number of carbonyl (C=O) groups excluding carboxylic acids is 1. The summed E-state index contributed by atoms with van der Waals surface area (Å²) in [6.45, 7) is 1.28. The Bertz CT molecular complexity index is 1130. The number of aromatic nitrogens is 4. The molecule has 0 unspecified atom stereocenters. The molecule has 0 saturated heterocycles. The van der Waals surface area contributed by atoms with Crippen molar-refractivity contribution in [2.75, 3.05) is 22.9 Å². The van der Waals surface area contributed by atoms with Crippen LogP contribution in [0.4, 0.5) is 10.9 Å². The van der Waals surface area contributed by atoms with E-state index in [4.69, 9.17) is 11.6 Å². The Kier molecular flexibility index (Phi) is 7.57. The number of hydrogen-bond donors (Lipinski definition) is 2. The summed E-state index contributed by atoms with van der Waals surface area (Å²) in [5.74, 6) is 0.730. The molecule has 0 atom stereocenters. The van der Waals surface area contributed by atoms with Crippen molar-refractivity contribution in [3.05, 3.63) is 69.5 Å². The van der Waals surface area contributed by atoms with Gasteiger partial charge in [0.1, 0.15) is 5.82 Å². The topological polar surface area (TPSA) is 84.7 Å². The fraction of sp³-hybridized carbons (Fsp3) is 0.200. The quantitative estimate of drug-likeness (QED) is 0.308. The summed E-state index contributed by atoms with van der Waals surface area (Å²) in [5, 5.41) is 22.2. The summed E-state index contributed by atoms with van der Waals surface area (Å²) < 4.78 is 2.46. The van der Waals surface area contributed by atoms with Crippen molar-refractivity contribution in [1.29, 1.82) is 0 Å². The lowest BCUT2D eigenvalue weighted by molar-refractivity contribution is -0.113. The van der Waals surface area contributed by atoms with Crippen LogP contribution in [0.5, 0.6) is 0 Å². The minimum atomic E-state index is -0.131. The van der Waals surface area contributed by atoms with Crippen LogP contribution >= 0.6 is 46.0 Å². The van der Waals surface area contributed by atoms with Gasteiger partial charge in [-0.2, -0.15) is 5.10 Å². The molecular formula is C20H19ClN6OS3. The summed E-state index contributed by atoms with van der Waals surface area (Å²) >= 11 is 10.8. The standard InChI is InChI=1S/C20H19ClN6OS3/c21-16-6-2-1-4-14(16)12-27-17(8-10-23-27)24-18(28)13-30-20-26-25-19(31-20)22-9-7-15-5-3-11-29-15/h1-6,8,10-11H,7,9,12-13H2,(H,22,25)(H,24,28). The maximum Gasteiger partial charge on any atom is 0.235 e. The average Bonchev–Trinajstić information content (AvgIpc) is 3.52. The predicted octanol–water partition coefficient (Wildman–Crippen LogP) is 4.88. The lowest BCUT2D eigenvalue weighted by Crippen LogP contribution is -2.17. The van der Waals surface area contributed by atoms with Gasteiger partial charge >= 0.3 is 0 Å². The van der Waals surface area contributed by atoms with Crippen LogP contribution in [0.15, 0.2) is 58.4 Å². The monoisotopic (exact) mass is 490 g/mol. The Labute approximate surface area is 196 Å². The molecule has 4 rings (SSSR count). The number of rotatable bonds is 10.